The fourth-order valence-electron chi connectivity index (χ4n) is 2.89. The summed E-state index contributed by atoms with van der Waals surface area (Å²) < 4.78 is 0. The molecule has 0 bridgehead atoms. The average Bonchev–Trinajstić information content (AvgIpc) is 2.56. The van der Waals surface area contributed by atoms with Crippen LogP contribution in [0.4, 0.5) is 5.69 Å². The highest BCUT2D eigenvalue weighted by Gasteiger charge is 2.28. The molecule has 2 aromatic carbocycles. The highest BCUT2D eigenvalue weighted by molar-refractivity contribution is 5.87. The molecule has 25 heavy (non-hydrogen) atoms. The number of nitrogens with two attached hydrogens (primary N) is 1. The molecule has 3 rings (SSSR count). The van der Waals surface area contributed by atoms with Crippen LogP contribution in [-0.2, 0) is 6.42 Å². The lowest BCUT2D eigenvalue weighted by atomic mass is 9.85. The second-order valence-corrected chi connectivity index (χ2v) is 6.14. The zero-order valence-electron chi connectivity index (χ0n) is 14.4. The number of nitrogen functional groups attached to an aromatic ring is 1. The van der Waals surface area contributed by atoms with Gasteiger partial charge in [0.15, 0.2) is 0 Å². The third kappa shape index (κ3) is 5.46. The molecule has 5 nitrogen and oxygen atoms in total. The zero-order chi connectivity index (χ0) is 17.7. The molecule has 2 aromatic rings. The molecule has 0 aliphatic heterocycles. The van der Waals surface area contributed by atoms with Gasteiger partial charge in [0.05, 0.1) is 11.7 Å². The van der Waals surface area contributed by atoms with E-state index in [9.17, 15) is 9.90 Å². The topological polar surface area (TPSA) is 86.8 Å². The van der Waals surface area contributed by atoms with Crippen LogP contribution in [0.3, 0.4) is 0 Å². The molecular formula is C19H25ClN2O3. The Morgan fingerprint density at radius 1 is 1.12 bits per heavy atom. The van der Waals surface area contributed by atoms with E-state index in [2.05, 4.69) is 11.0 Å². The first-order valence-corrected chi connectivity index (χ1v) is 7.91. The van der Waals surface area contributed by atoms with Gasteiger partial charge in [-0.15, -0.1) is 12.4 Å². The van der Waals surface area contributed by atoms with E-state index in [1.165, 1.54) is 17.7 Å². The number of benzene rings is 2. The molecule has 1 aliphatic rings. The fraction of sp³-hybridized carbons (Fsp3) is 0.316. The normalized spacial score (nSPS) is 18.4. The van der Waals surface area contributed by atoms with Crippen LogP contribution in [0.1, 0.15) is 34.0 Å². The van der Waals surface area contributed by atoms with Gasteiger partial charge in [-0.3, -0.25) is 0 Å². The molecule has 4 N–H and O–H groups in total. The fourth-order valence-corrected chi connectivity index (χ4v) is 2.89. The maximum atomic E-state index is 10.3. The predicted octanol–water partition coefficient (Wildman–Crippen LogP) is 2.99. The number of carboxylic acid groups (broad SMARTS) is 1. The minimum absolute atomic E-state index is 0. The molecule has 1 aliphatic carbocycles. The zero-order valence-corrected chi connectivity index (χ0v) is 15.2. The van der Waals surface area contributed by atoms with E-state index in [4.69, 9.17) is 10.8 Å². The maximum Gasteiger partial charge on any atom is 0.335 e. The van der Waals surface area contributed by atoms with Crippen molar-refractivity contribution in [2.45, 2.75) is 25.0 Å². The standard InChI is InChI=1S/C12H17NO.C7H7NO2.ClH/c1-13(2)11-8-7-9-5-3-4-6-10(9)12(11)14;8-6-3-1-5(2-4-6)7(9)10;/h3-6,11-12,14H,7-8H2,1-2H3;1-4H,8H2,(H,9,10);1H. The van der Waals surface area contributed by atoms with E-state index in [-0.39, 0.29) is 30.1 Å². The number of hydrogen-bond donors (Lipinski definition) is 3. The summed E-state index contributed by atoms with van der Waals surface area (Å²) in [6.45, 7) is 0. The minimum Gasteiger partial charge on any atom is -0.478 e. The van der Waals surface area contributed by atoms with E-state index < -0.39 is 5.97 Å². The number of carbonyl (C=O) groups is 1. The van der Waals surface area contributed by atoms with Crippen molar-refractivity contribution < 1.29 is 15.0 Å². The minimum atomic E-state index is -0.931. The van der Waals surface area contributed by atoms with Crippen LogP contribution in [0.5, 0.6) is 0 Å². The van der Waals surface area contributed by atoms with Crippen molar-refractivity contribution in [1.29, 1.82) is 0 Å². The third-order valence-electron chi connectivity index (χ3n) is 4.27. The van der Waals surface area contributed by atoms with E-state index in [1.54, 1.807) is 12.1 Å². The molecule has 0 aromatic heterocycles. The van der Waals surface area contributed by atoms with Crippen molar-refractivity contribution >= 4 is 24.1 Å². The van der Waals surface area contributed by atoms with Crippen LogP contribution in [0.2, 0.25) is 0 Å². The maximum absolute atomic E-state index is 10.3. The number of nitrogens with zero attached hydrogens (tertiary/aromatic N) is 1. The first-order valence-electron chi connectivity index (χ1n) is 7.91. The van der Waals surface area contributed by atoms with Gasteiger partial charge < -0.3 is 20.8 Å². The second kappa shape index (κ2) is 9.42. The van der Waals surface area contributed by atoms with E-state index >= 15 is 0 Å². The smallest absolute Gasteiger partial charge is 0.335 e. The molecule has 0 radical (unpaired) electrons. The summed E-state index contributed by atoms with van der Waals surface area (Å²) >= 11 is 0. The Kier molecular flexibility index (Phi) is 7.90. The summed E-state index contributed by atoms with van der Waals surface area (Å²) in [5.74, 6) is -0.931. The van der Waals surface area contributed by atoms with E-state index in [1.807, 2.05) is 32.3 Å². The van der Waals surface area contributed by atoms with Crippen LogP contribution in [0.15, 0.2) is 48.5 Å². The Labute approximate surface area is 154 Å². The summed E-state index contributed by atoms with van der Waals surface area (Å²) in [6.07, 6.45) is 1.80. The monoisotopic (exact) mass is 364 g/mol. The molecule has 136 valence electrons. The molecule has 0 heterocycles. The average molecular weight is 365 g/mol. The molecule has 0 fully saturated rings. The Morgan fingerprint density at radius 2 is 1.72 bits per heavy atom. The number of carboxylic acids is 1. The van der Waals surface area contributed by atoms with Gasteiger partial charge in [0, 0.05) is 11.7 Å². The van der Waals surface area contributed by atoms with Crippen molar-refractivity contribution in [3.05, 3.63) is 65.2 Å². The number of aliphatic hydroxyl groups is 1. The van der Waals surface area contributed by atoms with E-state index in [0.29, 0.717) is 5.69 Å². The van der Waals surface area contributed by atoms with Gasteiger partial charge in [-0.25, -0.2) is 4.79 Å². The Balaban J connectivity index is 0.000000254. The van der Waals surface area contributed by atoms with Crippen molar-refractivity contribution in [1.82, 2.24) is 4.90 Å². The van der Waals surface area contributed by atoms with Gasteiger partial charge in [0.25, 0.3) is 0 Å². The summed E-state index contributed by atoms with van der Waals surface area (Å²) in [6, 6.07) is 14.5. The Hall–Kier alpha value is -2.08. The number of anilines is 1. The lowest BCUT2D eigenvalue weighted by Crippen LogP contribution is -2.37. The van der Waals surface area contributed by atoms with Gasteiger partial charge >= 0.3 is 5.97 Å². The largest absolute Gasteiger partial charge is 0.478 e. The number of rotatable bonds is 2. The van der Waals surface area contributed by atoms with Crippen molar-refractivity contribution in [3.8, 4) is 0 Å². The van der Waals surface area contributed by atoms with Gasteiger partial charge in [-0.1, -0.05) is 24.3 Å². The summed E-state index contributed by atoms with van der Waals surface area (Å²) in [5, 5.41) is 18.6. The highest BCUT2D eigenvalue weighted by Crippen LogP contribution is 2.31. The molecule has 0 saturated heterocycles. The lowest BCUT2D eigenvalue weighted by Gasteiger charge is -2.34. The number of halogens is 1. The summed E-state index contributed by atoms with van der Waals surface area (Å²) in [5.41, 5.74) is 8.58. The van der Waals surface area contributed by atoms with Gasteiger partial charge in [0.1, 0.15) is 0 Å². The summed E-state index contributed by atoms with van der Waals surface area (Å²) in [7, 11) is 4.06. The van der Waals surface area contributed by atoms with Crippen molar-refractivity contribution in [2.24, 2.45) is 0 Å². The molecular weight excluding hydrogens is 340 g/mol. The molecule has 0 amide bonds. The van der Waals surface area contributed by atoms with E-state index in [0.717, 1.165) is 18.4 Å². The van der Waals surface area contributed by atoms with Crippen molar-refractivity contribution in [2.75, 3.05) is 19.8 Å². The number of likely N-dealkylation sites (N-methyl/N-ethyl adjacent to an activating group) is 1. The molecule has 2 unspecified atom stereocenters. The van der Waals surface area contributed by atoms with Crippen LogP contribution in [0, 0.1) is 0 Å². The first-order chi connectivity index (χ1) is 11.4. The number of aliphatic hydroxyl groups excluding tert-OH is 1. The highest BCUT2D eigenvalue weighted by atomic mass is 35.5. The number of aryl methyl sites for hydroxylation is 1. The predicted molar refractivity (Wildman–Crippen MR) is 102 cm³/mol. The third-order valence-corrected chi connectivity index (χ3v) is 4.27. The van der Waals surface area contributed by atoms with Gasteiger partial charge in [-0.05, 0) is 62.3 Å². The molecule has 0 spiro atoms. The summed E-state index contributed by atoms with van der Waals surface area (Å²) in [4.78, 5) is 12.4. The SMILES string of the molecule is CN(C)C1CCc2ccccc2C1O.Cl.Nc1ccc(C(=O)O)cc1. The number of fused-ring (bicyclic) bond motifs is 1. The van der Waals surface area contributed by atoms with Crippen molar-refractivity contribution in [3.63, 3.8) is 0 Å². The second-order valence-electron chi connectivity index (χ2n) is 6.14. The van der Waals surface area contributed by atoms with Crippen LogP contribution in [0.25, 0.3) is 0 Å². The van der Waals surface area contributed by atoms with Crippen LogP contribution >= 0.6 is 12.4 Å². The number of hydrogen-bond acceptors (Lipinski definition) is 4. The molecule has 0 saturated carbocycles. The van der Waals surface area contributed by atoms with Crippen LogP contribution < -0.4 is 5.73 Å². The van der Waals surface area contributed by atoms with Crippen LogP contribution in [-0.4, -0.2) is 41.2 Å². The lowest BCUT2D eigenvalue weighted by molar-refractivity contribution is 0.0628. The Morgan fingerprint density at radius 3 is 2.28 bits per heavy atom. The molecule has 6 heteroatoms. The Bertz CT molecular complexity index is 689. The quantitative estimate of drug-likeness (QED) is 0.713. The first kappa shape index (κ1) is 21.0. The van der Waals surface area contributed by atoms with Gasteiger partial charge in [-0.2, -0.15) is 0 Å². The number of aromatic carboxylic acids is 1. The van der Waals surface area contributed by atoms with Gasteiger partial charge in [0.2, 0.25) is 0 Å². The molecule has 2 atom stereocenters.